The van der Waals surface area contributed by atoms with Crippen LogP contribution in [0.1, 0.15) is 57.7 Å². The molecule has 0 fully saturated rings. The molecule has 4 rings (SSSR count). The van der Waals surface area contributed by atoms with E-state index in [1.807, 2.05) is 39.8 Å². The number of anilines is 1. The minimum absolute atomic E-state index is 0.0539. The molecule has 1 aliphatic heterocycles. The summed E-state index contributed by atoms with van der Waals surface area (Å²) in [7, 11) is 0. The summed E-state index contributed by atoms with van der Waals surface area (Å²) < 4.78 is 33.3. The number of fused-ring (bicyclic) bond motifs is 1. The fourth-order valence-corrected chi connectivity index (χ4v) is 4.69. The lowest BCUT2D eigenvalue weighted by atomic mass is 9.95. The number of ether oxygens (including phenoxy) is 3. The van der Waals surface area contributed by atoms with Crippen LogP contribution in [0.25, 0.3) is 0 Å². The van der Waals surface area contributed by atoms with Gasteiger partial charge in [-0.1, -0.05) is 56.3 Å². The summed E-state index contributed by atoms with van der Waals surface area (Å²) >= 11 is 1.52. The molecule has 0 aliphatic carbocycles. The quantitative estimate of drug-likeness (QED) is 0.167. The lowest BCUT2D eigenvalue weighted by Gasteiger charge is -2.28. The van der Waals surface area contributed by atoms with Gasteiger partial charge in [0.2, 0.25) is 11.1 Å². The standard InChI is InChI=1S/C28H33FN4O4S/c1-5-8-15-36-26(34)24-18(4)30-27-31-28(38-7-3)32-33(27)25(24)19-13-14-22(23(16-19)35-6-2)37-17-20-11-9-10-12-21(20)29/h9-14,16,25H,5-8,15,17H2,1-4H3,(H,30,31,32). The number of nitrogens with zero attached hydrogens (tertiary/aromatic N) is 3. The second-order valence-electron chi connectivity index (χ2n) is 8.67. The molecule has 1 aromatic heterocycles. The second kappa shape index (κ2) is 12.8. The maximum Gasteiger partial charge on any atom is 0.338 e. The van der Waals surface area contributed by atoms with E-state index in [9.17, 15) is 9.18 Å². The van der Waals surface area contributed by atoms with Crippen molar-refractivity contribution >= 4 is 23.7 Å². The molecule has 202 valence electrons. The lowest BCUT2D eigenvalue weighted by Crippen LogP contribution is -2.30. The first-order chi connectivity index (χ1) is 18.5. The molecule has 2 aromatic carbocycles. The van der Waals surface area contributed by atoms with Crippen LogP contribution in [0.5, 0.6) is 11.5 Å². The summed E-state index contributed by atoms with van der Waals surface area (Å²) in [5, 5.41) is 8.53. The summed E-state index contributed by atoms with van der Waals surface area (Å²) in [6, 6.07) is 11.4. The Morgan fingerprint density at radius 2 is 1.95 bits per heavy atom. The Kier molecular flexibility index (Phi) is 9.28. The van der Waals surface area contributed by atoms with Crippen molar-refractivity contribution in [3.05, 3.63) is 70.7 Å². The van der Waals surface area contributed by atoms with Crippen molar-refractivity contribution in [2.75, 3.05) is 24.3 Å². The van der Waals surface area contributed by atoms with Gasteiger partial charge in [0.15, 0.2) is 11.5 Å². The van der Waals surface area contributed by atoms with Crippen LogP contribution in [0.2, 0.25) is 0 Å². The highest BCUT2D eigenvalue weighted by atomic mass is 32.2. The summed E-state index contributed by atoms with van der Waals surface area (Å²) in [5.74, 6) is 1.59. The van der Waals surface area contributed by atoms with Crippen LogP contribution in [0, 0.1) is 5.82 Å². The molecular weight excluding hydrogens is 507 g/mol. The van der Waals surface area contributed by atoms with Gasteiger partial charge in [-0.25, -0.2) is 13.9 Å². The Morgan fingerprint density at radius 1 is 1.13 bits per heavy atom. The van der Waals surface area contributed by atoms with E-state index in [0.29, 0.717) is 52.7 Å². The van der Waals surface area contributed by atoms with Crippen LogP contribution in [0.3, 0.4) is 0 Å². The predicted octanol–water partition coefficient (Wildman–Crippen LogP) is 6.14. The van der Waals surface area contributed by atoms with Gasteiger partial charge in [-0.05, 0) is 49.8 Å². The van der Waals surface area contributed by atoms with Crippen LogP contribution in [-0.2, 0) is 16.1 Å². The number of allylic oxidation sites excluding steroid dienone is 1. The first-order valence-corrected chi connectivity index (χ1v) is 13.8. The number of hydrogen-bond donors (Lipinski definition) is 1. The molecule has 0 bridgehead atoms. The molecule has 1 N–H and O–H groups in total. The third-order valence-corrected chi connectivity index (χ3v) is 6.70. The Balaban J connectivity index is 1.72. The Labute approximate surface area is 226 Å². The van der Waals surface area contributed by atoms with Crippen LogP contribution < -0.4 is 14.8 Å². The number of thioether (sulfide) groups is 1. The highest BCUT2D eigenvalue weighted by Gasteiger charge is 2.35. The van der Waals surface area contributed by atoms with Crippen molar-refractivity contribution in [3.63, 3.8) is 0 Å². The van der Waals surface area contributed by atoms with Crippen LogP contribution >= 0.6 is 11.8 Å². The molecule has 0 radical (unpaired) electrons. The lowest BCUT2D eigenvalue weighted by molar-refractivity contribution is -0.139. The number of rotatable bonds is 12. The zero-order valence-electron chi connectivity index (χ0n) is 22.1. The molecule has 0 spiro atoms. The smallest absolute Gasteiger partial charge is 0.338 e. The summed E-state index contributed by atoms with van der Waals surface area (Å²) in [4.78, 5) is 17.9. The minimum Gasteiger partial charge on any atom is -0.490 e. The van der Waals surface area contributed by atoms with Crippen molar-refractivity contribution in [2.45, 2.75) is 58.3 Å². The Bertz CT molecular complexity index is 1310. The van der Waals surface area contributed by atoms with Gasteiger partial charge in [-0.15, -0.1) is 5.10 Å². The number of carbonyl (C=O) groups excluding carboxylic acids is 1. The van der Waals surface area contributed by atoms with Gasteiger partial charge in [-0.2, -0.15) is 4.98 Å². The van der Waals surface area contributed by atoms with Crippen molar-refractivity contribution in [2.24, 2.45) is 0 Å². The van der Waals surface area contributed by atoms with Gasteiger partial charge in [0.05, 0.1) is 18.8 Å². The Morgan fingerprint density at radius 3 is 2.68 bits per heavy atom. The Hall–Kier alpha value is -3.53. The molecule has 0 saturated carbocycles. The van der Waals surface area contributed by atoms with Gasteiger partial charge < -0.3 is 19.5 Å². The fourth-order valence-electron chi connectivity index (χ4n) is 4.13. The molecule has 0 saturated heterocycles. The molecule has 38 heavy (non-hydrogen) atoms. The molecule has 0 amide bonds. The van der Waals surface area contributed by atoms with Crippen LogP contribution in [0.15, 0.2) is 58.9 Å². The second-order valence-corrected chi connectivity index (χ2v) is 9.90. The maximum absolute atomic E-state index is 14.1. The largest absolute Gasteiger partial charge is 0.490 e. The number of esters is 1. The van der Waals surface area contributed by atoms with E-state index >= 15 is 0 Å². The SMILES string of the molecule is CCCCOC(=O)C1=C(C)Nc2nc(SCC)nn2C1c1ccc(OCc2ccccc2F)c(OCC)c1. The molecule has 8 nitrogen and oxygen atoms in total. The number of carbonyl (C=O) groups is 1. The van der Waals surface area contributed by atoms with E-state index in [0.717, 1.165) is 24.2 Å². The molecule has 1 unspecified atom stereocenters. The highest BCUT2D eigenvalue weighted by Crippen LogP contribution is 2.40. The maximum atomic E-state index is 14.1. The average molecular weight is 541 g/mol. The summed E-state index contributed by atoms with van der Waals surface area (Å²) in [6.45, 7) is 8.59. The monoisotopic (exact) mass is 540 g/mol. The molecular formula is C28H33FN4O4S. The zero-order chi connectivity index (χ0) is 27.1. The first-order valence-electron chi connectivity index (χ1n) is 12.8. The molecule has 1 aliphatic rings. The van der Waals surface area contributed by atoms with Gasteiger partial charge in [-0.3, -0.25) is 0 Å². The van der Waals surface area contributed by atoms with E-state index < -0.39 is 12.0 Å². The van der Waals surface area contributed by atoms with Crippen molar-refractivity contribution < 1.29 is 23.4 Å². The van der Waals surface area contributed by atoms with Gasteiger partial charge >= 0.3 is 5.97 Å². The number of aromatic nitrogens is 3. The van der Waals surface area contributed by atoms with Crippen LogP contribution in [-0.4, -0.2) is 39.7 Å². The number of halogens is 1. The number of unbranched alkanes of at least 4 members (excludes halogenated alkanes) is 1. The number of nitrogens with one attached hydrogen (secondary N) is 1. The van der Waals surface area contributed by atoms with Crippen LogP contribution in [0.4, 0.5) is 10.3 Å². The highest BCUT2D eigenvalue weighted by molar-refractivity contribution is 7.99. The van der Waals surface area contributed by atoms with E-state index in [4.69, 9.17) is 19.3 Å². The molecule has 1 atom stereocenters. The van der Waals surface area contributed by atoms with Gasteiger partial charge in [0.25, 0.3) is 0 Å². The van der Waals surface area contributed by atoms with E-state index in [-0.39, 0.29) is 12.4 Å². The fraction of sp³-hybridized carbons (Fsp3) is 0.393. The molecule has 3 aromatic rings. The number of hydrogen-bond acceptors (Lipinski definition) is 8. The van der Waals surface area contributed by atoms with Crippen molar-refractivity contribution in [1.82, 2.24) is 14.8 Å². The summed E-state index contributed by atoms with van der Waals surface area (Å²) in [6.07, 6.45) is 1.70. The van der Waals surface area contributed by atoms with Crippen molar-refractivity contribution in [3.8, 4) is 11.5 Å². The minimum atomic E-state index is -0.584. The predicted molar refractivity (Wildman–Crippen MR) is 145 cm³/mol. The first kappa shape index (κ1) is 27.5. The average Bonchev–Trinajstić information content (AvgIpc) is 3.30. The van der Waals surface area contributed by atoms with Crippen molar-refractivity contribution in [1.29, 1.82) is 0 Å². The van der Waals surface area contributed by atoms with E-state index in [1.165, 1.54) is 17.8 Å². The molecule has 2 heterocycles. The van der Waals surface area contributed by atoms with E-state index in [1.54, 1.807) is 28.9 Å². The topological polar surface area (TPSA) is 87.5 Å². The molecule has 10 heteroatoms. The normalized spacial score (nSPS) is 14.6. The summed E-state index contributed by atoms with van der Waals surface area (Å²) in [5.41, 5.74) is 2.31. The third-order valence-electron chi connectivity index (χ3n) is 5.98. The van der Waals surface area contributed by atoms with Gasteiger partial charge in [0, 0.05) is 11.3 Å². The third kappa shape index (κ3) is 6.12. The van der Waals surface area contributed by atoms with E-state index in [2.05, 4.69) is 10.3 Å². The van der Waals surface area contributed by atoms with Gasteiger partial charge in [0.1, 0.15) is 18.5 Å². The number of benzene rings is 2. The zero-order valence-corrected chi connectivity index (χ0v) is 22.9.